The largest absolute Gasteiger partial charge is 0.309 e. The second-order valence-electron chi connectivity index (χ2n) is 5.83. The van der Waals surface area contributed by atoms with E-state index in [0.29, 0.717) is 12.2 Å². The van der Waals surface area contributed by atoms with Crippen molar-refractivity contribution in [3.63, 3.8) is 0 Å². The maximum atomic E-state index is 12.1. The van der Waals surface area contributed by atoms with Gasteiger partial charge in [0, 0.05) is 0 Å². The lowest BCUT2D eigenvalue weighted by atomic mass is 10.1. The molecule has 0 spiro atoms. The van der Waals surface area contributed by atoms with E-state index >= 15 is 0 Å². The molecule has 1 aromatic carbocycles. The number of carbonyl (C=O) groups is 1. The van der Waals surface area contributed by atoms with E-state index in [1.54, 1.807) is 4.68 Å². The first-order chi connectivity index (χ1) is 12.4. The van der Waals surface area contributed by atoms with Gasteiger partial charge in [0.05, 0.1) is 11.5 Å². The molecule has 0 saturated heterocycles. The van der Waals surface area contributed by atoms with E-state index in [-0.39, 0.29) is 18.2 Å². The van der Waals surface area contributed by atoms with Gasteiger partial charge in [-0.3, -0.25) is 24.9 Å². The molecule has 0 aliphatic rings. The zero-order valence-electron chi connectivity index (χ0n) is 14.3. The maximum absolute atomic E-state index is 12.1. The molecule has 3 aromatic rings. The average molecular weight is 355 g/mol. The highest BCUT2D eigenvalue weighted by atomic mass is 16.6. The molecule has 3 rings (SSSR count). The minimum atomic E-state index is -0.536. The lowest BCUT2D eigenvalue weighted by Gasteiger charge is -2.04. The fraction of sp³-hybridized carbons (Fsp3) is 0.250. The van der Waals surface area contributed by atoms with Crippen LogP contribution >= 0.6 is 0 Å². The Balaban J connectivity index is 1.62. The van der Waals surface area contributed by atoms with Gasteiger partial charge in [-0.25, -0.2) is 9.67 Å². The Labute approximate surface area is 148 Å². The molecule has 0 radical (unpaired) electrons. The molecule has 0 unspecified atom stereocenters. The lowest BCUT2D eigenvalue weighted by Crippen LogP contribution is -2.21. The molecule has 0 bridgehead atoms. The van der Waals surface area contributed by atoms with Gasteiger partial charge < -0.3 is 0 Å². The highest BCUT2D eigenvalue weighted by Gasteiger charge is 2.18. The number of nitrogens with one attached hydrogen (secondary N) is 1. The van der Waals surface area contributed by atoms with Gasteiger partial charge in [-0.15, -0.1) is 5.10 Å². The van der Waals surface area contributed by atoms with Gasteiger partial charge in [-0.1, -0.05) is 29.8 Å². The molecule has 0 aliphatic carbocycles. The van der Waals surface area contributed by atoms with Crippen LogP contribution in [0, 0.1) is 24.0 Å². The minimum absolute atomic E-state index is 0.127. The van der Waals surface area contributed by atoms with E-state index < -0.39 is 10.8 Å². The van der Waals surface area contributed by atoms with Crippen LogP contribution in [0.3, 0.4) is 0 Å². The molecule has 10 heteroatoms. The number of carbonyl (C=O) groups excluding carboxylic acids is 1. The van der Waals surface area contributed by atoms with Crippen LogP contribution in [0.25, 0.3) is 0 Å². The van der Waals surface area contributed by atoms with Gasteiger partial charge in [0.1, 0.15) is 24.8 Å². The maximum Gasteiger partial charge on any atom is 0.309 e. The van der Waals surface area contributed by atoms with Gasteiger partial charge in [-0.2, -0.15) is 5.10 Å². The number of benzene rings is 1. The van der Waals surface area contributed by atoms with E-state index in [2.05, 4.69) is 20.5 Å². The van der Waals surface area contributed by atoms with Crippen LogP contribution in [0.5, 0.6) is 0 Å². The number of nitro groups is 1. The fourth-order valence-corrected chi connectivity index (χ4v) is 2.50. The summed E-state index contributed by atoms with van der Waals surface area (Å²) in [6, 6.07) is 8.02. The third-order valence-corrected chi connectivity index (χ3v) is 3.78. The second-order valence-corrected chi connectivity index (χ2v) is 5.83. The van der Waals surface area contributed by atoms with Gasteiger partial charge in [0.2, 0.25) is 11.9 Å². The summed E-state index contributed by atoms with van der Waals surface area (Å²) in [5.41, 5.74) is 2.41. The van der Waals surface area contributed by atoms with E-state index in [4.69, 9.17) is 0 Å². The van der Waals surface area contributed by atoms with Crippen molar-refractivity contribution in [3.05, 3.63) is 63.7 Å². The number of anilines is 1. The molecule has 1 N–H and O–H groups in total. The van der Waals surface area contributed by atoms with Gasteiger partial charge in [0.25, 0.3) is 0 Å². The first kappa shape index (κ1) is 17.3. The molecule has 1 amide bonds. The fourth-order valence-electron chi connectivity index (χ4n) is 2.50. The first-order valence-electron chi connectivity index (χ1n) is 7.84. The van der Waals surface area contributed by atoms with Crippen LogP contribution in [0.2, 0.25) is 0 Å². The zero-order valence-corrected chi connectivity index (χ0v) is 14.3. The molecule has 0 saturated carbocycles. The highest BCUT2D eigenvalue weighted by Crippen LogP contribution is 2.16. The van der Waals surface area contributed by atoms with Crippen molar-refractivity contribution >= 4 is 17.5 Å². The molecule has 0 fully saturated rings. The zero-order chi connectivity index (χ0) is 18.7. The number of nitrogens with zero attached hydrogens (tertiary/aromatic N) is 6. The summed E-state index contributed by atoms with van der Waals surface area (Å²) in [6.45, 7) is 3.92. The van der Waals surface area contributed by atoms with Crippen molar-refractivity contribution in [1.82, 2.24) is 24.5 Å². The number of aryl methyl sites for hydroxylation is 1. The predicted molar refractivity (Wildman–Crippen MR) is 92.6 cm³/mol. The number of hydrogen-bond donors (Lipinski definition) is 1. The van der Waals surface area contributed by atoms with E-state index in [0.717, 1.165) is 17.3 Å². The monoisotopic (exact) mass is 355 g/mol. The summed E-state index contributed by atoms with van der Waals surface area (Å²) in [4.78, 5) is 26.4. The van der Waals surface area contributed by atoms with Crippen molar-refractivity contribution in [2.45, 2.75) is 26.9 Å². The Morgan fingerprint density at radius 1 is 1.35 bits per heavy atom. The molecular formula is C16H17N7O3. The number of hydrogen-bond acceptors (Lipinski definition) is 6. The lowest BCUT2D eigenvalue weighted by molar-refractivity contribution is -0.385. The summed E-state index contributed by atoms with van der Waals surface area (Å²) >= 11 is 0. The van der Waals surface area contributed by atoms with Crippen LogP contribution in [0.4, 0.5) is 11.6 Å². The Kier molecular flexibility index (Phi) is 4.74. The summed E-state index contributed by atoms with van der Waals surface area (Å²) < 4.78 is 2.88. The molecule has 26 heavy (non-hydrogen) atoms. The van der Waals surface area contributed by atoms with E-state index in [1.165, 1.54) is 17.9 Å². The van der Waals surface area contributed by atoms with Gasteiger partial charge in [0.15, 0.2) is 0 Å². The quantitative estimate of drug-likeness (QED) is 0.530. The molecule has 2 aromatic heterocycles. The van der Waals surface area contributed by atoms with Crippen molar-refractivity contribution in [2.24, 2.45) is 0 Å². The summed E-state index contributed by atoms with van der Waals surface area (Å²) in [7, 11) is 0. The number of amides is 1. The normalized spacial score (nSPS) is 10.7. The van der Waals surface area contributed by atoms with Crippen molar-refractivity contribution in [1.29, 1.82) is 0 Å². The minimum Gasteiger partial charge on any atom is -0.292 e. The van der Waals surface area contributed by atoms with Crippen LogP contribution in [0.1, 0.15) is 16.8 Å². The van der Waals surface area contributed by atoms with Crippen molar-refractivity contribution in [2.75, 3.05) is 5.32 Å². The molecule has 10 nitrogen and oxygen atoms in total. The number of aromatic nitrogens is 5. The highest BCUT2D eigenvalue weighted by molar-refractivity contribution is 5.88. The third-order valence-electron chi connectivity index (χ3n) is 3.78. The van der Waals surface area contributed by atoms with Gasteiger partial charge >= 0.3 is 5.69 Å². The Morgan fingerprint density at radius 3 is 2.85 bits per heavy atom. The van der Waals surface area contributed by atoms with Crippen molar-refractivity contribution in [3.8, 4) is 0 Å². The topological polar surface area (TPSA) is 121 Å². The summed E-state index contributed by atoms with van der Waals surface area (Å²) in [5.74, 6) is -0.249. The van der Waals surface area contributed by atoms with Crippen molar-refractivity contribution < 1.29 is 9.72 Å². The summed E-state index contributed by atoms with van der Waals surface area (Å²) in [6.07, 6.45) is 2.65. The smallest absolute Gasteiger partial charge is 0.292 e. The molecule has 0 atom stereocenters. The Bertz CT molecular complexity index is 960. The number of rotatable bonds is 6. The van der Waals surface area contributed by atoms with Crippen LogP contribution < -0.4 is 5.32 Å². The Morgan fingerprint density at radius 2 is 2.15 bits per heavy atom. The van der Waals surface area contributed by atoms with Crippen LogP contribution in [-0.4, -0.2) is 35.4 Å². The average Bonchev–Trinajstić information content (AvgIpc) is 3.15. The van der Waals surface area contributed by atoms with E-state index in [1.807, 2.05) is 31.2 Å². The second kappa shape index (κ2) is 7.13. The Hall–Kier alpha value is -3.56. The van der Waals surface area contributed by atoms with Crippen LogP contribution in [-0.2, 0) is 17.9 Å². The molecular weight excluding hydrogens is 338 g/mol. The predicted octanol–water partition coefficient (Wildman–Crippen LogP) is 1.69. The first-order valence-corrected chi connectivity index (χ1v) is 7.84. The molecule has 0 aliphatic heterocycles. The van der Waals surface area contributed by atoms with Crippen LogP contribution in [0.15, 0.2) is 36.8 Å². The SMILES string of the molecule is Cc1cccc(Cn2cnc(NC(=O)Cn3ncc([N+](=O)[O-])c3C)n2)c1. The molecule has 2 heterocycles. The van der Waals surface area contributed by atoms with Gasteiger partial charge in [-0.05, 0) is 19.4 Å². The third kappa shape index (κ3) is 3.91. The molecule has 134 valence electrons. The van der Waals surface area contributed by atoms with E-state index in [9.17, 15) is 14.9 Å². The summed E-state index contributed by atoms with van der Waals surface area (Å²) in [5, 5.41) is 21.4. The standard InChI is InChI=1S/C16H17N7O3/c1-11-4-3-5-13(6-11)8-21-10-17-16(20-21)19-15(24)9-22-12(2)14(7-18-22)23(25)26/h3-7,10H,8-9H2,1-2H3,(H,19,20,24).